The summed E-state index contributed by atoms with van der Waals surface area (Å²) in [6, 6.07) is 10.9. The molecule has 8 heteroatoms. The van der Waals surface area contributed by atoms with E-state index >= 15 is 0 Å². The van der Waals surface area contributed by atoms with E-state index in [1.165, 1.54) is 6.07 Å². The van der Waals surface area contributed by atoms with Crippen molar-refractivity contribution in [1.82, 2.24) is 20.2 Å². The van der Waals surface area contributed by atoms with E-state index in [-0.39, 0.29) is 29.8 Å². The first-order chi connectivity index (χ1) is 13.7. The number of H-pyrrole nitrogens is 1. The second-order valence-corrected chi connectivity index (χ2v) is 6.89. The first-order valence-electron chi connectivity index (χ1n) is 9.61. The maximum Gasteiger partial charge on any atom is 0.193 e. The summed E-state index contributed by atoms with van der Waals surface area (Å²) < 4.78 is 13.5. The number of anilines is 1. The summed E-state index contributed by atoms with van der Waals surface area (Å²) in [5.41, 5.74) is 2.07. The van der Waals surface area contributed by atoms with E-state index in [9.17, 15) is 4.39 Å². The van der Waals surface area contributed by atoms with E-state index in [1.54, 1.807) is 12.1 Å². The molecule has 0 atom stereocenters. The SMILES string of the molecule is CN=C(NCCc1c[nH]c2ccc(F)cc12)N1CCN(c2ccccn2)CC1.I. The molecule has 0 spiro atoms. The molecule has 2 N–H and O–H groups in total. The number of nitrogens with one attached hydrogen (secondary N) is 2. The van der Waals surface area contributed by atoms with Crippen molar-refractivity contribution in [2.24, 2.45) is 4.99 Å². The lowest BCUT2D eigenvalue weighted by Crippen LogP contribution is -2.53. The number of aromatic nitrogens is 2. The molecule has 6 nitrogen and oxygen atoms in total. The molecule has 0 saturated carbocycles. The molecule has 1 fully saturated rings. The average Bonchev–Trinajstić information content (AvgIpc) is 3.14. The molecule has 0 radical (unpaired) electrons. The zero-order chi connectivity index (χ0) is 19.3. The van der Waals surface area contributed by atoms with E-state index in [2.05, 4.69) is 30.1 Å². The quantitative estimate of drug-likeness (QED) is 0.323. The lowest BCUT2D eigenvalue weighted by molar-refractivity contribution is 0.372. The normalized spacial score (nSPS) is 14.8. The summed E-state index contributed by atoms with van der Waals surface area (Å²) in [7, 11) is 1.81. The minimum atomic E-state index is -0.206. The van der Waals surface area contributed by atoms with E-state index in [0.29, 0.717) is 0 Å². The van der Waals surface area contributed by atoms with Crippen molar-refractivity contribution in [1.29, 1.82) is 0 Å². The summed E-state index contributed by atoms with van der Waals surface area (Å²) in [5.74, 6) is 1.73. The maximum atomic E-state index is 13.5. The van der Waals surface area contributed by atoms with Gasteiger partial charge in [0.25, 0.3) is 0 Å². The van der Waals surface area contributed by atoms with Crippen molar-refractivity contribution in [2.45, 2.75) is 6.42 Å². The molecule has 3 aromatic rings. The van der Waals surface area contributed by atoms with E-state index < -0.39 is 0 Å². The molecule has 0 amide bonds. The van der Waals surface area contributed by atoms with E-state index in [0.717, 1.165) is 67.4 Å². The minimum Gasteiger partial charge on any atom is -0.361 e. The summed E-state index contributed by atoms with van der Waals surface area (Å²) in [5, 5.41) is 4.39. The van der Waals surface area contributed by atoms with Gasteiger partial charge in [-0.15, -0.1) is 24.0 Å². The second-order valence-electron chi connectivity index (χ2n) is 6.89. The number of fused-ring (bicyclic) bond motifs is 1. The highest BCUT2D eigenvalue weighted by Gasteiger charge is 2.20. The van der Waals surface area contributed by atoms with Gasteiger partial charge in [0.2, 0.25) is 0 Å². The van der Waals surface area contributed by atoms with Crippen molar-refractivity contribution in [2.75, 3.05) is 44.7 Å². The van der Waals surface area contributed by atoms with Crippen molar-refractivity contribution in [3.05, 3.63) is 60.2 Å². The van der Waals surface area contributed by atoms with Gasteiger partial charge in [-0.05, 0) is 42.3 Å². The van der Waals surface area contributed by atoms with Gasteiger partial charge in [-0.25, -0.2) is 9.37 Å². The number of aliphatic imine (C=N–C) groups is 1. The van der Waals surface area contributed by atoms with Gasteiger partial charge in [-0.1, -0.05) is 6.07 Å². The number of aromatic amines is 1. The summed E-state index contributed by atoms with van der Waals surface area (Å²) in [4.78, 5) is 16.6. The van der Waals surface area contributed by atoms with Crippen LogP contribution in [0.1, 0.15) is 5.56 Å². The second kappa shape index (κ2) is 9.91. The van der Waals surface area contributed by atoms with Crippen LogP contribution < -0.4 is 10.2 Å². The molecule has 0 aliphatic carbocycles. The van der Waals surface area contributed by atoms with Gasteiger partial charge in [-0.3, -0.25) is 4.99 Å². The van der Waals surface area contributed by atoms with Gasteiger partial charge in [0.1, 0.15) is 11.6 Å². The smallest absolute Gasteiger partial charge is 0.193 e. The third-order valence-electron chi connectivity index (χ3n) is 5.17. The molecule has 1 aromatic carbocycles. The fourth-order valence-electron chi connectivity index (χ4n) is 3.69. The van der Waals surface area contributed by atoms with Crippen LogP contribution in [0.2, 0.25) is 0 Å². The van der Waals surface area contributed by atoms with Gasteiger partial charge in [0.05, 0.1) is 0 Å². The Morgan fingerprint density at radius 3 is 2.76 bits per heavy atom. The van der Waals surface area contributed by atoms with Crippen LogP contribution in [0.15, 0.2) is 53.8 Å². The number of piperazine rings is 1. The van der Waals surface area contributed by atoms with Gasteiger partial charge in [-0.2, -0.15) is 0 Å². The van der Waals surface area contributed by atoms with Crippen LogP contribution in [0.5, 0.6) is 0 Å². The fraction of sp³-hybridized carbons (Fsp3) is 0.333. The Morgan fingerprint density at radius 2 is 2.03 bits per heavy atom. The first-order valence-corrected chi connectivity index (χ1v) is 9.61. The Balaban J connectivity index is 0.00000240. The monoisotopic (exact) mass is 508 g/mol. The van der Waals surface area contributed by atoms with Gasteiger partial charge in [0.15, 0.2) is 5.96 Å². The summed E-state index contributed by atoms with van der Waals surface area (Å²) in [6.07, 6.45) is 4.59. The Hall–Kier alpha value is -2.36. The van der Waals surface area contributed by atoms with Crippen LogP contribution in [-0.2, 0) is 6.42 Å². The highest BCUT2D eigenvalue weighted by Crippen LogP contribution is 2.19. The van der Waals surface area contributed by atoms with E-state index in [4.69, 9.17) is 0 Å². The highest BCUT2D eigenvalue weighted by atomic mass is 127. The number of nitrogens with zero attached hydrogens (tertiary/aromatic N) is 4. The van der Waals surface area contributed by atoms with Crippen molar-refractivity contribution >= 4 is 46.7 Å². The van der Waals surface area contributed by atoms with Crippen molar-refractivity contribution in [3.63, 3.8) is 0 Å². The van der Waals surface area contributed by atoms with Gasteiger partial charge >= 0.3 is 0 Å². The zero-order valence-electron chi connectivity index (χ0n) is 16.4. The highest BCUT2D eigenvalue weighted by molar-refractivity contribution is 14.0. The topological polar surface area (TPSA) is 59.6 Å². The molecule has 154 valence electrons. The largest absolute Gasteiger partial charge is 0.361 e. The third kappa shape index (κ3) is 4.98. The van der Waals surface area contributed by atoms with Gasteiger partial charge in [0, 0.05) is 63.1 Å². The number of guanidine groups is 1. The Kier molecular flexibility index (Phi) is 7.29. The molecule has 1 aliphatic rings. The lowest BCUT2D eigenvalue weighted by atomic mass is 10.1. The maximum absolute atomic E-state index is 13.5. The van der Waals surface area contributed by atoms with Crippen LogP contribution in [0.4, 0.5) is 10.2 Å². The Labute approximate surface area is 187 Å². The van der Waals surface area contributed by atoms with Crippen LogP contribution >= 0.6 is 24.0 Å². The van der Waals surface area contributed by atoms with E-state index in [1.807, 2.05) is 37.6 Å². The molecule has 2 aromatic heterocycles. The molecule has 4 rings (SSSR count). The van der Waals surface area contributed by atoms with Crippen molar-refractivity contribution < 1.29 is 4.39 Å². The van der Waals surface area contributed by atoms with Crippen LogP contribution in [0, 0.1) is 5.82 Å². The molecule has 0 bridgehead atoms. The standard InChI is InChI=1S/C21H25FN6.HI/c1-23-21(28-12-10-27(11-13-28)20-4-2-3-8-24-20)25-9-7-16-15-26-19-6-5-17(22)14-18(16)19;/h2-6,8,14-15,26H,7,9-13H2,1H3,(H,23,25);1H. The first kappa shape index (κ1) is 21.4. The number of rotatable bonds is 4. The molecule has 1 aliphatic heterocycles. The van der Waals surface area contributed by atoms with Crippen molar-refractivity contribution in [3.8, 4) is 0 Å². The number of benzene rings is 1. The lowest BCUT2D eigenvalue weighted by Gasteiger charge is -2.37. The average molecular weight is 508 g/mol. The predicted molar refractivity (Wildman–Crippen MR) is 127 cm³/mol. The molecule has 3 heterocycles. The Morgan fingerprint density at radius 1 is 1.21 bits per heavy atom. The van der Waals surface area contributed by atoms with Crippen LogP contribution in [-0.4, -0.2) is 60.6 Å². The number of halogens is 2. The number of hydrogen-bond donors (Lipinski definition) is 2. The Bertz CT molecular complexity index is 950. The van der Waals surface area contributed by atoms with Crippen LogP contribution in [0.25, 0.3) is 10.9 Å². The molecular weight excluding hydrogens is 482 g/mol. The molecular formula is C21H26FIN6. The van der Waals surface area contributed by atoms with Crippen LogP contribution in [0.3, 0.4) is 0 Å². The molecule has 0 unspecified atom stereocenters. The number of hydrogen-bond acceptors (Lipinski definition) is 3. The molecule has 1 saturated heterocycles. The summed E-state index contributed by atoms with van der Waals surface area (Å²) in [6.45, 7) is 4.37. The third-order valence-corrected chi connectivity index (χ3v) is 5.17. The fourth-order valence-corrected chi connectivity index (χ4v) is 3.69. The van der Waals surface area contributed by atoms with Gasteiger partial charge < -0.3 is 20.1 Å². The summed E-state index contributed by atoms with van der Waals surface area (Å²) >= 11 is 0. The predicted octanol–water partition coefficient (Wildman–Crippen LogP) is 3.26. The zero-order valence-corrected chi connectivity index (χ0v) is 18.8. The molecule has 29 heavy (non-hydrogen) atoms. The number of pyridine rings is 1. The minimum absolute atomic E-state index is 0.